The topological polar surface area (TPSA) is 41.6 Å². The summed E-state index contributed by atoms with van der Waals surface area (Å²) >= 11 is 0. The van der Waals surface area contributed by atoms with Crippen molar-refractivity contribution in [1.29, 1.82) is 0 Å². The summed E-state index contributed by atoms with van der Waals surface area (Å²) in [6.07, 6.45) is 0. The Bertz CT molecular complexity index is 82.1. The van der Waals surface area contributed by atoms with Gasteiger partial charge in [-0.15, -0.1) is 0 Å². The highest BCUT2D eigenvalue weighted by Gasteiger charge is 1.97. The minimum Gasteiger partial charge on any atom is -0.329 e. The number of urea groups is 1. The zero-order valence-electron chi connectivity index (χ0n) is 5.26. The van der Waals surface area contributed by atoms with Gasteiger partial charge in [0, 0.05) is 14.1 Å². The van der Waals surface area contributed by atoms with E-state index in [1.807, 2.05) is 0 Å². The minimum absolute atomic E-state index is 0.257. The van der Waals surface area contributed by atoms with Crippen molar-refractivity contribution in [2.75, 3.05) is 21.2 Å². The number of carbonyl (C=O) groups is 1. The fourth-order valence-electron chi connectivity index (χ4n) is 0.179. The second kappa shape index (κ2) is 3.26. The van der Waals surface area contributed by atoms with E-state index in [0.717, 1.165) is 0 Å². The zero-order valence-corrected chi connectivity index (χ0v) is 5.26. The summed E-state index contributed by atoms with van der Waals surface area (Å²) in [4.78, 5) is 16.1. The van der Waals surface area contributed by atoms with Crippen LogP contribution in [0.2, 0.25) is 0 Å². The van der Waals surface area contributed by atoms with Gasteiger partial charge < -0.3 is 4.90 Å². The van der Waals surface area contributed by atoms with Crippen molar-refractivity contribution in [1.82, 2.24) is 10.4 Å². The zero-order chi connectivity index (χ0) is 6.57. The van der Waals surface area contributed by atoms with E-state index in [2.05, 4.69) is 10.3 Å². The molecule has 0 unspecified atom stereocenters. The number of hydrogen-bond acceptors (Lipinski definition) is 2. The molecule has 4 nitrogen and oxygen atoms in total. The molecule has 0 aromatic carbocycles. The van der Waals surface area contributed by atoms with E-state index in [0.29, 0.717) is 0 Å². The molecule has 0 aliphatic heterocycles. The molecule has 0 fully saturated rings. The predicted molar refractivity (Wildman–Crippen MR) is 29.2 cm³/mol. The molecule has 0 radical (unpaired) electrons. The van der Waals surface area contributed by atoms with Crippen molar-refractivity contribution in [2.45, 2.75) is 0 Å². The molecule has 0 aliphatic rings. The number of nitrogens with zero attached hydrogens (tertiary/aromatic N) is 1. The summed E-state index contributed by atoms with van der Waals surface area (Å²) in [6, 6.07) is -0.257. The summed E-state index contributed by atoms with van der Waals surface area (Å²) < 4.78 is 0. The summed E-state index contributed by atoms with van der Waals surface area (Å²) in [5.74, 6) is 0. The molecule has 0 heterocycles. The van der Waals surface area contributed by atoms with Gasteiger partial charge in [-0.3, -0.25) is 4.84 Å². The van der Waals surface area contributed by atoms with E-state index in [9.17, 15) is 4.79 Å². The number of hydroxylamine groups is 1. The quantitative estimate of drug-likeness (QED) is 0.485. The van der Waals surface area contributed by atoms with Gasteiger partial charge in [0.25, 0.3) is 0 Å². The Hall–Kier alpha value is -0.770. The molecule has 0 aliphatic carbocycles. The van der Waals surface area contributed by atoms with Crippen molar-refractivity contribution < 1.29 is 9.63 Å². The average molecular weight is 118 g/mol. The highest BCUT2D eigenvalue weighted by molar-refractivity contribution is 5.72. The number of carbonyl (C=O) groups excluding carboxylic acids is 1. The summed E-state index contributed by atoms with van der Waals surface area (Å²) in [6.45, 7) is 0. The van der Waals surface area contributed by atoms with Crippen molar-refractivity contribution >= 4 is 6.03 Å². The molecule has 0 spiro atoms. The molecular weight excluding hydrogens is 108 g/mol. The van der Waals surface area contributed by atoms with Gasteiger partial charge in [0.2, 0.25) is 0 Å². The fourth-order valence-corrected chi connectivity index (χ4v) is 0.179. The van der Waals surface area contributed by atoms with E-state index in [-0.39, 0.29) is 6.03 Å². The Morgan fingerprint density at radius 1 is 1.62 bits per heavy atom. The smallest absolute Gasteiger partial charge is 0.329 e. The number of rotatable bonds is 1. The fraction of sp³-hybridized carbons (Fsp3) is 0.750. The van der Waals surface area contributed by atoms with E-state index >= 15 is 0 Å². The largest absolute Gasteiger partial charge is 0.340 e. The molecule has 0 bridgehead atoms. The Morgan fingerprint density at radius 2 is 2.12 bits per heavy atom. The number of nitrogens with one attached hydrogen (secondary N) is 1. The van der Waals surface area contributed by atoms with Crippen LogP contribution in [0.3, 0.4) is 0 Å². The number of hydrogen-bond donors (Lipinski definition) is 1. The van der Waals surface area contributed by atoms with Crippen LogP contribution in [0.4, 0.5) is 4.79 Å². The first kappa shape index (κ1) is 7.23. The molecule has 2 amide bonds. The third-order valence-corrected chi connectivity index (χ3v) is 0.596. The molecule has 0 aromatic rings. The van der Waals surface area contributed by atoms with Crippen molar-refractivity contribution in [2.24, 2.45) is 0 Å². The SMILES string of the molecule is CONC(=O)N(C)C. The van der Waals surface area contributed by atoms with Crippen LogP contribution in [0.5, 0.6) is 0 Å². The molecule has 0 rings (SSSR count). The lowest BCUT2D eigenvalue weighted by atomic mass is 10.9. The Kier molecular flexibility index (Phi) is 2.95. The standard InChI is InChI=1S/C4H10N2O2/c1-6(2)4(7)5-8-3/h1-3H3,(H,5,7). The summed E-state index contributed by atoms with van der Waals surface area (Å²) in [5.41, 5.74) is 2.13. The minimum atomic E-state index is -0.257. The normalized spacial score (nSPS) is 8.38. The van der Waals surface area contributed by atoms with Crippen molar-refractivity contribution in [3.05, 3.63) is 0 Å². The van der Waals surface area contributed by atoms with Gasteiger partial charge in [-0.05, 0) is 0 Å². The van der Waals surface area contributed by atoms with Crippen molar-refractivity contribution in [3.63, 3.8) is 0 Å². The first-order valence-corrected chi connectivity index (χ1v) is 2.18. The Morgan fingerprint density at radius 3 is 2.25 bits per heavy atom. The Balaban J connectivity index is 3.33. The van der Waals surface area contributed by atoms with E-state index in [1.54, 1.807) is 14.1 Å². The lowest BCUT2D eigenvalue weighted by molar-refractivity contribution is 0.0946. The highest BCUT2D eigenvalue weighted by atomic mass is 16.6. The molecule has 1 N–H and O–H groups in total. The maximum atomic E-state index is 10.4. The molecule has 8 heavy (non-hydrogen) atoms. The van der Waals surface area contributed by atoms with E-state index < -0.39 is 0 Å². The van der Waals surface area contributed by atoms with Gasteiger partial charge in [0.15, 0.2) is 0 Å². The summed E-state index contributed by atoms with van der Waals surface area (Å²) in [7, 11) is 4.66. The van der Waals surface area contributed by atoms with Gasteiger partial charge in [0.1, 0.15) is 0 Å². The maximum Gasteiger partial charge on any atom is 0.340 e. The second-order valence-corrected chi connectivity index (χ2v) is 1.51. The van der Waals surface area contributed by atoms with Crippen LogP contribution in [0, 0.1) is 0 Å². The van der Waals surface area contributed by atoms with Gasteiger partial charge in [-0.25, -0.2) is 10.3 Å². The third kappa shape index (κ3) is 2.41. The first-order valence-electron chi connectivity index (χ1n) is 2.18. The first-order chi connectivity index (χ1) is 3.68. The molecule has 0 aromatic heterocycles. The van der Waals surface area contributed by atoms with Crippen molar-refractivity contribution in [3.8, 4) is 0 Å². The molecule has 0 atom stereocenters. The average Bonchev–Trinajstić information content (AvgIpc) is 1.67. The van der Waals surface area contributed by atoms with Crippen LogP contribution in [-0.4, -0.2) is 32.1 Å². The van der Waals surface area contributed by atoms with Crippen LogP contribution < -0.4 is 5.48 Å². The molecular formula is C4H10N2O2. The van der Waals surface area contributed by atoms with Crippen LogP contribution in [0.25, 0.3) is 0 Å². The van der Waals surface area contributed by atoms with Gasteiger partial charge in [0.05, 0.1) is 7.11 Å². The van der Waals surface area contributed by atoms with E-state index in [1.165, 1.54) is 12.0 Å². The van der Waals surface area contributed by atoms with Crippen LogP contribution >= 0.6 is 0 Å². The number of amides is 2. The lowest BCUT2D eigenvalue weighted by Crippen LogP contribution is -2.33. The molecule has 0 saturated heterocycles. The monoisotopic (exact) mass is 118 g/mol. The Labute approximate surface area is 48.4 Å². The second-order valence-electron chi connectivity index (χ2n) is 1.51. The van der Waals surface area contributed by atoms with Crippen LogP contribution in [0.15, 0.2) is 0 Å². The molecule has 0 saturated carbocycles. The molecule has 48 valence electrons. The summed E-state index contributed by atoms with van der Waals surface area (Å²) in [5, 5.41) is 0. The maximum absolute atomic E-state index is 10.4. The predicted octanol–water partition coefficient (Wildman–Crippen LogP) is -0.181. The highest BCUT2D eigenvalue weighted by Crippen LogP contribution is 1.73. The third-order valence-electron chi connectivity index (χ3n) is 0.596. The van der Waals surface area contributed by atoms with Gasteiger partial charge in [-0.2, -0.15) is 0 Å². The lowest BCUT2D eigenvalue weighted by Gasteiger charge is -2.08. The van der Waals surface area contributed by atoms with Crippen LogP contribution in [-0.2, 0) is 4.84 Å². The van der Waals surface area contributed by atoms with E-state index in [4.69, 9.17) is 0 Å². The van der Waals surface area contributed by atoms with Gasteiger partial charge >= 0.3 is 6.03 Å². The van der Waals surface area contributed by atoms with Crippen LogP contribution in [0.1, 0.15) is 0 Å². The van der Waals surface area contributed by atoms with Gasteiger partial charge in [-0.1, -0.05) is 0 Å². The molecule has 4 heteroatoms.